The first-order valence-electron chi connectivity index (χ1n) is 16.4. The maximum atomic E-state index is 8.48. The molecule has 1 heteroatoms. The average molecular weight is 551 g/mol. The Morgan fingerprint density at radius 1 is 0.372 bits per heavy atom. The Labute approximate surface area is 254 Å². The third-order valence-corrected chi connectivity index (χ3v) is 8.55. The van der Waals surface area contributed by atoms with Gasteiger partial charge in [-0.3, -0.25) is 0 Å². The average Bonchev–Trinajstić information content (AvgIpc) is 3.48. The van der Waals surface area contributed by atoms with Gasteiger partial charge in [0.15, 0.2) is 0 Å². The Kier molecular flexibility index (Phi) is 4.45. The van der Waals surface area contributed by atoms with Crippen LogP contribution in [0.3, 0.4) is 0 Å². The second kappa shape index (κ2) is 9.44. The van der Waals surface area contributed by atoms with Gasteiger partial charge in [0.1, 0.15) is 11.2 Å². The summed E-state index contributed by atoms with van der Waals surface area (Å²) in [5.41, 5.74) is 8.19. The minimum atomic E-state index is -0.241. The van der Waals surface area contributed by atoms with Gasteiger partial charge in [0.25, 0.3) is 0 Å². The highest BCUT2D eigenvalue weighted by atomic mass is 16.3. The fourth-order valence-corrected chi connectivity index (χ4v) is 6.62. The molecule has 1 nitrogen and oxygen atoms in total. The molecular weight excluding hydrogens is 520 g/mol. The lowest BCUT2D eigenvalue weighted by Gasteiger charge is -2.18. The maximum absolute atomic E-state index is 8.48. The first kappa shape index (κ1) is 20.3. The van der Waals surface area contributed by atoms with Crippen LogP contribution >= 0.6 is 0 Å². The molecule has 0 saturated carbocycles. The molecule has 1 aromatic heterocycles. The second-order valence-corrected chi connectivity index (χ2v) is 11.0. The summed E-state index contributed by atoms with van der Waals surface area (Å²) in [5.74, 6) is 0. The van der Waals surface area contributed by atoms with Crippen molar-refractivity contribution in [1.82, 2.24) is 0 Å². The van der Waals surface area contributed by atoms with Gasteiger partial charge >= 0.3 is 0 Å². The molecule has 0 unspecified atom stereocenters. The molecule has 0 atom stereocenters. The molecule has 0 amide bonds. The Hall–Kier alpha value is -5.66. The summed E-state index contributed by atoms with van der Waals surface area (Å²) in [5, 5.41) is 7.31. The van der Waals surface area contributed by atoms with E-state index in [1.165, 1.54) is 33.0 Å². The van der Waals surface area contributed by atoms with Crippen LogP contribution in [0.5, 0.6) is 0 Å². The first-order chi connectivity index (χ1) is 23.0. The van der Waals surface area contributed by atoms with E-state index in [2.05, 4.69) is 115 Å². The zero-order chi connectivity index (χ0) is 31.8. The number of benzene rings is 8. The lowest BCUT2D eigenvalue weighted by atomic mass is 9.85. The Morgan fingerprint density at radius 3 is 1.58 bits per heavy atom. The number of fused-ring (bicyclic) bond motifs is 6. The van der Waals surface area contributed by atoms with Crippen LogP contribution in [0.15, 0.2) is 162 Å². The minimum absolute atomic E-state index is 0.0406. The summed E-state index contributed by atoms with van der Waals surface area (Å²) >= 11 is 0. The van der Waals surface area contributed by atoms with Gasteiger partial charge < -0.3 is 4.42 Å². The van der Waals surface area contributed by atoms with E-state index < -0.39 is 0 Å². The Bertz CT molecular complexity index is 2670. The van der Waals surface area contributed by atoms with Crippen molar-refractivity contribution >= 4 is 54.3 Å². The van der Waals surface area contributed by atoms with Crippen LogP contribution in [0.2, 0.25) is 0 Å². The molecule has 0 aliphatic rings. The number of furan rings is 1. The largest absolute Gasteiger partial charge is 0.456 e. The van der Waals surface area contributed by atoms with Gasteiger partial charge in [0.2, 0.25) is 0 Å². The van der Waals surface area contributed by atoms with Crippen molar-refractivity contribution in [2.45, 2.75) is 0 Å². The predicted octanol–water partition coefficient (Wildman–Crippen LogP) is 12.0. The molecule has 9 aromatic rings. The highest BCUT2D eigenvalue weighted by Crippen LogP contribution is 2.45. The van der Waals surface area contributed by atoms with Crippen LogP contribution in [0.1, 0.15) is 5.48 Å². The van der Waals surface area contributed by atoms with E-state index >= 15 is 0 Å². The smallest absolute Gasteiger partial charge is 0.136 e. The molecule has 0 fully saturated rings. The molecule has 0 spiro atoms. The van der Waals surface area contributed by atoms with Crippen LogP contribution in [0.25, 0.3) is 87.6 Å². The summed E-state index contributed by atoms with van der Waals surface area (Å²) in [4.78, 5) is 0. The van der Waals surface area contributed by atoms with Gasteiger partial charge in [-0.25, -0.2) is 0 Å². The molecule has 0 bridgehead atoms. The quantitative estimate of drug-likeness (QED) is 0.199. The van der Waals surface area contributed by atoms with Gasteiger partial charge in [0.05, 0.1) is 5.48 Å². The third kappa shape index (κ3) is 3.79. The molecule has 200 valence electrons. The fourth-order valence-electron chi connectivity index (χ4n) is 6.62. The van der Waals surface area contributed by atoms with E-state index in [-0.39, 0.29) is 24.2 Å². The molecule has 9 rings (SSSR count). The van der Waals surface area contributed by atoms with Crippen molar-refractivity contribution in [1.29, 1.82) is 0 Å². The van der Waals surface area contributed by atoms with E-state index in [1.54, 1.807) is 6.07 Å². The van der Waals surface area contributed by atoms with Gasteiger partial charge in [-0.1, -0.05) is 127 Å². The summed E-state index contributed by atoms with van der Waals surface area (Å²) in [6.45, 7) is 0. The normalized spacial score (nSPS) is 13.0. The predicted molar refractivity (Wildman–Crippen MR) is 183 cm³/mol. The molecule has 0 saturated heterocycles. The molecule has 0 aliphatic carbocycles. The van der Waals surface area contributed by atoms with Crippen molar-refractivity contribution in [3.63, 3.8) is 0 Å². The minimum Gasteiger partial charge on any atom is -0.456 e. The van der Waals surface area contributed by atoms with Gasteiger partial charge in [-0.15, -0.1) is 0 Å². The zero-order valence-corrected chi connectivity index (χ0v) is 23.1. The maximum Gasteiger partial charge on any atom is 0.136 e. The second-order valence-electron chi connectivity index (χ2n) is 11.0. The highest BCUT2D eigenvalue weighted by molar-refractivity contribution is 6.22. The SMILES string of the molecule is [2H]c1c([2H])c([2H])c2cc3c(cc2c1[2H])oc1cc(-c2c4ccccc4c(-c4cccc(-c5ccccc5)c4)c4ccccc24)ccc13. The van der Waals surface area contributed by atoms with Crippen LogP contribution in [0, 0.1) is 0 Å². The molecule has 43 heavy (non-hydrogen) atoms. The van der Waals surface area contributed by atoms with Crippen LogP contribution < -0.4 is 0 Å². The molecular formula is C42H26O. The summed E-state index contributed by atoms with van der Waals surface area (Å²) in [6, 6.07) is 45.7. The highest BCUT2D eigenvalue weighted by Gasteiger charge is 2.18. The topological polar surface area (TPSA) is 13.1 Å². The van der Waals surface area contributed by atoms with E-state index in [4.69, 9.17) is 9.90 Å². The van der Waals surface area contributed by atoms with Crippen molar-refractivity contribution in [3.05, 3.63) is 158 Å². The van der Waals surface area contributed by atoms with Gasteiger partial charge in [0, 0.05) is 10.8 Å². The summed E-state index contributed by atoms with van der Waals surface area (Å²) in [6.07, 6.45) is 0. The molecule has 8 aromatic carbocycles. The fraction of sp³-hybridized carbons (Fsp3) is 0. The third-order valence-electron chi connectivity index (χ3n) is 8.55. The van der Waals surface area contributed by atoms with Crippen LogP contribution in [0.4, 0.5) is 0 Å². The van der Waals surface area contributed by atoms with E-state index in [9.17, 15) is 0 Å². The number of hydrogen-bond donors (Lipinski definition) is 0. The lowest BCUT2D eigenvalue weighted by molar-refractivity contribution is 0.669. The van der Waals surface area contributed by atoms with Crippen molar-refractivity contribution < 1.29 is 9.90 Å². The van der Waals surface area contributed by atoms with Crippen molar-refractivity contribution in [2.24, 2.45) is 0 Å². The first-order valence-corrected chi connectivity index (χ1v) is 14.4. The molecule has 0 N–H and O–H groups in total. The van der Waals surface area contributed by atoms with E-state index in [1.807, 2.05) is 12.1 Å². The van der Waals surface area contributed by atoms with E-state index in [0.717, 1.165) is 32.7 Å². The summed E-state index contributed by atoms with van der Waals surface area (Å²) in [7, 11) is 0. The number of rotatable bonds is 3. The Morgan fingerprint density at radius 2 is 0.907 bits per heavy atom. The van der Waals surface area contributed by atoms with Gasteiger partial charge in [-0.05, 0) is 96.0 Å². The van der Waals surface area contributed by atoms with Crippen LogP contribution in [-0.4, -0.2) is 0 Å². The van der Waals surface area contributed by atoms with Gasteiger partial charge in [-0.2, -0.15) is 0 Å². The molecule has 1 heterocycles. The Balaban J connectivity index is 1.29. The van der Waals surface area contributed by atoms with Crippen molar-refractivity contribution in [2.75, 3.05) is 0 Å². The molecule has 0 aliphatic heterocycles. The standard InChI is InChI=1S/C42H26O/c1-2-11-27(12-3-1)28-15-10-16-31(23-28)41-34-17-6-8-19-36(34)42(37-20-9-7-18-35(37)41)32-21-22-33-38-24-29-13-4-5-14-30(29)25-40(38)43-39(33)26-32/h1-26H/i4D,5D,13D,14D. The monoisotopic (exact) mass is 550 g/mol. The van der Waals surface area contributed by atoms with E-state index in [0.29, 0.717) is 21.9 Å². The van der Waals surface area contributed by atoms with Crippen molar-refractivity contribution in [3.8, 4) is 33.4 Å². The lowest BCUT2D eigenvalue weighted by Crippen LogP contribution is -1.91. The molecule has 0 radical (unpaired) electrons. The number of hydrogen-bond acceptors (Lipinski definition) is 1. The van der Waals surface area contributed by atoms with Crippen LogP contribution in [-0.2, 0) is 0 Å². The summed E-state index contributed by atoms with van der Waals surface area (Å²) < 4.78 is 39.6. The zero-order valence-electron chi connectivity index (χ0n) is 27.1.